The Bertz CT molecular complexity index is 441. The molecule has 1 heterocycles. The summed E-state index contributed by atoms with van der Waals surface area (Å²) >= 11 is 0. The lowest BCUT2D eigenvalue weighted by Crippen LogP contribution is -2.33. The summed E-state index contributed by atoms with van der Waals surface area (Å²) in [4.78, 5) is 10.9. The Hall–Kier alpha value is -1.44. The standard InChI is InChI=1S/C6H8O10S.H3N/c7-1-2(8)4-5(3(9)6(10)14-4)15-17(12,13)16-11;/h2,4,7-9,11H,1H2;1H3/t2-,4+;/m0./s1. The third-order valence-corrected chi connectivity index (χ3v) is 2.31. The molecule has 1 rings (SSSR count). The molecule has 12 heteroatoms. The number of hydrogen-bond donors (Lipinski definition) is 5. The van der Waals surface area contributed by atoms with Crippen molar-refractivity contribution in [2.75, 3.05) is 6.61 Å². The highest BCUT2D eigenvalue weighted by atomic mass is 32.3. The van der Waals surface area contributed by atoms with Crippen molar-refractivity contribution in [1.82, 2.24) is 6.15 Å². The molecule has 0 saturated heterocycles. The van der Waals surface area contributed by atoms with E-state index in [-0.39, 0.29) is 6.15 Å². The molecular weight excluding hydrogens is 278 g/mol. The molecule has 0 fully saturated rings. The van der Waals surface area contributed by atoms with Gasteiger partial charge in [-0.05, 0) is 0 Å². The number of ether oxygens (including phenoxy) is 1. The zero-order valence-electron chi connectivity index (χ0n) is 8.72. The summed E-state index contributed by atoms with van der Waals surface area (Å²) in [5, 5.41) is 34.8. The fourth-order valence-electron chi connectivity index (χ4n) is 1.02. The van der Waals surface area contributed by atoms with Crippen LogP contribution in [-0.4, -0.2) is 53.8 Å². The van der Waals surface area contributed by atoms with E-state index in [2.05, 4.69) is 13.3 Å². The van der Waals surface area contributed by atoms with E-state index in [0.29, 0.717) is 0 Å². The number of rotatable bonds is 5. The molecule has 106 valence electrons. The van der Waals surface area contributed by atoms with Crippen LogP contribution >= 0.6 is 0 Å². The first-order valence-electron chi connectivity index (χ1n) is 4.03. The van der Waals surface area contributed by atoms with Crippen molar-refractivity contribution in [3.05, 3.63) is 11.5 Å². The topological polar surface area (TPSA) is 195 Å². The van der Waals surface area contributed by atoms with E-state index in [4.69, 9.17) is 15.5 Å². The predicted octanol–water partition coefficient (Wildman–Crippen LogP) is -2.05. The fourth-order valence-corrected chi connectivity index (χ4v) is 1.45. The summed E-state index contributed by atoms with van der Waals surface area (Å²) < 4.78 is 32.7. The van der Waals surface area contributed by atoms with E-state index >= 15 is 0 Å². The molecule has 0 aliphatic carbocycles. The average Bonchev–Trinajstić information content (AvgIpc) is 2.56. The van der Waals surface area contributed by atoms with Crippen LogP contribution in [0, 0.1) is 0 Å². The fraction of sp³-hybridized carbons (Fsp3) is 0.500. The van der Waals surface area contributed by atoms with Crippen molar-refractivity contribution in [1.29, 1.82) is 0 Å². The summed E-state index contributed by atoms with van der Waals surface area (Å²) in [5.41, 5.74) is 0. The highest BCUT2D eigenvalue weighted by Gasteiger charge is 2.43. The van der Waals surface area contributed by atoms with E-state index in [0.717, 1.165) is 0 Å². The molecule has 7 N–H and O–H groups in total. The van der Waals surface area contributed by atoms with Gasteiger partial charge in [0.05, 0.1) is 6.61 Å². The van der Waals surface area contributed by atoms with Gasteiger partial charge in [0.15, 0.2) is 6.10 Å². The minimum Gasteiger partial charge on any atom is -0.499 e. The minimum absolute atomic E-state index is 0. The van der Waals surface area contributed by atoms with Crippen molar-refractivity contribution >= 4 is 16.4 Å². The molecule has 0 saturated carbocycles. The van der Waals surface area contributed by atoms with Gasteiger partial charge in [-0.1, -0.05) is 4.33 Å². The van der Waals surface area contributed by atoms with E-state index in [1.165, 1.54) is 0 Å². The van der Waals surface area contributed by atoms with Crippen LogP contribution in [0.1, 0.15) is 0 Å². The van der Waals surface area contributed by atoms with Crippen LogP contribution in [0.5, 0.6) is 0 Å². The predicted molar refractivity (Wildman–Crippen MR) is 51.4 cm³/mol. The molecule has 0 spiro atoms. The van der Waals surface area contributed by atoms with Crippen LogP contribution in [0.3, 0.4) is 0 Å². The molecule has 0 unspecified atom stereocenters. The third-order valence-electron chi connectivity index (χ3n) is 1.74. The number of aliphatic hydroxyl groups excluding tert-OH is 3. The van der Waals surface area contributed by atoms with Crippen LogP contribution in [0.4, 0.5) is 0 Å². The lowest BCUT2D eigenvalue weighted by molar-refractivity contribution is -0.149. The Kier molecular flexibility index (Phi) is 5.47. The number of cyclic esters (lactones) is 1. The molecule has 0 aromatic heterocycles. The average molecular weight is 289 g/mol. The number of hydrogen-bond acceptors (Lipinski definition) is 11. The summed E-state index contributed by atoms with van der Waals surface area (Å²) in [6.45, 7) is -0.891. The van der Waals surface area contributed by atoms with Crippen molar-refractivity contribution in [3.63, 3.8) is 0 Å². The Labute approximate surface area is 101 Å². The zero-order chi connectivity index (χ0) is 13.2. The molecule has 2 atom stereocenters. The maximum Gasteiger partial charge on any atom is 0.476 e. The molecule has 0 radical (unpaired) electrons. The molecule has 0 aromatic carbocycles. The summed E-state index contributed by atoms with van der Waals surface area (Å²) in [7, 11) is -4.92. The normalized spacial score (nSPS) is 21.3. The second-order valence-corrected chi connectivity index (χ2v) is 3.99. The van der Waals surface area contributed by atoms with Gasteiger partial charge in [0, 0.05) is 0 Å². The monoisotopic (exact) mass is 289 g/mol. The first-order chi connectivity index (χ1) is 7.82. The molecular formula is C6H11NO10S. The highest BCUT2D eigenvalue weighted by Crippen LogP contribution is 2.26. The van der Waals surface area contributed by atoms with Crippen molar-refractivity contribution in [3.8, 4) is 0 Å². The summed E-state index contributed by atoms with van der Waals surface area (Å²) in [6, 6.07) is 0. The van der Waals surface area contributed by atoms with E-state index in [1.807, 2.05) is 0 Å². The van der Waals surface area contributed by atoms with Crippen molar-refractivity contribution in [2.24, 2.45) is 0 Å². The van der Waals surface area contributed by atoms with Gasteiger partial charge in [-0.2, -0.15) is 8.42 Å². The SMILES string of the molecule is N.O=C1O[C@H]([C@@H](O)CO)C(OS(=O)(=O)OO)=C1O. The van der Waals surface area contributed by atoms with Crippen LogP contribution in [0.15, 0.2) is 11.5 Å². The van der Waals surface area contributed by atoms with Crippen LogP contribution in [0.25, 0.3) is 0 Å². The van der Waals surface area contributed by atoms with Gasteiger partial charge in [-0.25, -0.2) is 10.1 Å². The summed E-state index contributed by atoms with van der Waals surface area (Å²) in [6.07, 6.45) is -3.44. The van der Waals surface area contributed by atoms with Crippen LogP contribution in [-0.2, 0) is 28.4 Å². The Morgan fingerprint density at radius 3 is 2.44 bits per heavy atom. The quantitative estimate of drug-likeness (QED) is 0.212. The maximum atomic E-state index is 10.9. The smallest absolute Gasteiger partial charge is 0.476 e. The molecule has 0 bridgehead atoms. The largest absolute Gasteiger partial charge is 0.499 e. The first kappa shape index (κ1) is 16.6. The van der Waals surface area contributed by atoms with Gasteiger partial charge in [-0.15, -0.1) is 0 Å². The Morgan fingerprint density at radius 2 is 2.00 bits per heavy atom. The Balaban J connectivity index is 0.00000289. The second-order valence-electron chi connectivity index (χ2n) is 2.85. The lowest BCUT2D eigenvalue weighted by Gasteiger charge is -2.16. The second kappa shape index (κ2) is 5.94. The molecule has 11 nitrogen and oxygen atoms in total. The minimum atomic E-state index is -4.92. The van der Waals surface area contributed by atoms with Gasteiger partial charge >= 0.3 is 16.4 Å². The van der Waals surface area contributed by atoms with Crippen molar-refractivity contribution < 1.29 is 47.0 Å². The number of aliphatic hydroxyl groups is 3. The molecule has 18 heavy (non-hydrogen) atoms. The number of carbonyl (C=O) groups is 1. The van der Waals surface area contributed by atoms with Gasteiger partial charge < -0.3 is 30.4 Å². The van der Waals surface area contributed by atoms with E-state index in [1.54, 1.807) is 0 Å². The Morgan fingerprint density at radius 1 is 1.44 bits per heavy atom. The molecule has 0 aromatic rings. The van der Waals surface area contributed by atoms with E-state index in [9.17, 15) is 18.3 Å². The lowest BCUT2D eigenvalue weighted by atomic mass is 10.2. The third kappa shape index (κ3) is 3.28. The van der Waals surface area contributed by atoms with Gasteiger partial charge in [-0.3, -0.25) is 0 Å². The van der Waals surface area contributed by atoms with Crippen molar-refractivity contribution in [2.45, 2.75) is 12.2 Å². The van der Waals surface area contributed by atoms with Crippen LogP contribution < -0.4 is 6.15 Å². The molecule has 1 aliphatic heterocycles. The highest BCUT2D eigenvalue weighted by molar-refractivity contribution is 7.81. The van der Waals surface area contributed by atoms with E-state index < -0.39 is 46.7 Å². The maximum absolute atomic E-state index is 10.9. The van der Waals surface area contributed by atoms with Gasteiger partial charge in [0.1, 0.15) is 6.10 Å². The number of esters is 1. The summed E-state index contributed by atoms with van der Waals surface area (Å²) in [5.74, 6) is -3.57. The van der Waals surface area contributed by atoms with Crippen LogP contribution in [0.2, 0.25) is 0 Å². The zero-order valence-corrected chi connectivity index (χ0v) is 9.53. The van der Waals surface area contributed by atoms with Gasteiger partial charge in [0.2, 0.25) is 11.5 Å². The molecule has 1 aliphatic rings. The van der Waals surface area contributed by atoms with Gasteiger partial charge in [0.25, 0.3) is 0 Å². The molecule has 0 amide bonds. The number of carbonyl (C=O) groups excluding carboxylic acids is 1. The first-order valence-corrected chi connectivity index (χ1v) is 5.36.